The van der Waals surface area contributed by atoms with Crippen LogP contribution in [0.4, 0.5) is 0 Å². The van der Waals surface area contributed by atoms with Gasteiger partial charge in [0, 0.05) is 11.3 Å². The van der Waals surface area contributed by atoms with Crippen molar-refractivity contribution < 1.29 is 66.0 Å². The van der Waals surface area contributed by atoms with E-state index in [4.69, 9.17) is 20.9 Å². The van der Waals surface area contributed by atoms with E-state index in [9.17, 15) is 9.90 Å². The molecule has 1 aliphatic rings. The van der Waals surface area contributed by atoms with Gasteiger partial charge in [-0.15, -0.1) is 7.05 Å². The Morgan fingerprint density at radius 3 is 2.65 bits per heavy atom. The Bertz CT molecular complexity index is 1110. The zero-order valence-corrected chi connectivity index (χ0v) is 21.1. The van der Waals surface area contributed by atoms with Crippen molar-refractivity contribution in [3.8, 4) is 17.1 Å². The fourth-order valence-corrected chi connectivity index (χ4v) is 4.35. The monoisotopic (exact) mass is 448 g/mol. The number of ether oxygens (including phenoxy) is 1. The minimum atomic E-state index is -0.742. The first-order valence-electron chi connectivity index (χ1n) is 9.90. The molecule has 1 aliphatic carbocycles. The van der Waals surface area contributed by atoms with Gasteiger partial charge in [-0.05, 0) is 37.8 Å². The molecular weight excluding hydrogens is 423 g/mol. The second-order valence-corrected chi connectivity index (χ2v) is 7.59. The molecule has 0 unspecified atom stereocenters. The van der Waals surface area contributed by atoms with Crippen LogP contribution in [0.3, 0.4) is 0 Å². The Balaban J connectivity index is 0.00000272. The number of H-pyrrole nitrogens is 1. The van der Waals surface area contributed by atoms with Gasteiger partial charge in [0.1, 0.15) is 17.3 Å². The summed E-state index contributed by atoms with van der Waals surface area (Å²) >= 11 is 0. The molecule has 0 amide bonds. The van der Waals surface area contributed by atoms with E-state index in [1.165, 1.54) is 0 Å². The number of amidine groups is 1. The molecule has 0 saturated heterocycles. The molecule has 0 spiro atoms. The number of aromatic amines is 1. The van der Waals surface area contributed by atoms with Gasteiger partial charge in [0.2, 0.25) is 0 Å². The fourth-order valence-electron chi connectivity index (χ4n) is 4.35. The zero-order valence-electron chi connectivity index (χ0n) is 18.0. The van der Waals surface area contributed by atoms with Crippen molar-refractivity contribution in [3.63, 3.8) is 0 Å². The number of nitrogen functional groups attached to an aromatic ring is 1. The maximum absolute atomic E-state index is 11.3. The van der Waals surface area contributed by atoms with Crippen molar-refractivity contribution in [1.82, 2.24) is 14.6 Å². The quantitative estimate of drug-likeness (QED) is 0.246. The number of aliphatic carboxylic acids is 1. The summed E-state index contributed by atoms with van der Waals surface area (Å²) in [7, 11) is 3.26. The number of carboxylic acids is 1. The summed E-state index contributed by atoms with van der Waals surface area (Å²) in [5.41, 5.74) is 12.8. The van der Waals surface area contributed by atoms with Gasteiger partial charge in [-0.2, -0.15) is 0 Å². The number of fused-ring (bicyclic) bond motifs is 1. The average Bonchev–Trinajstić information content (AvgIpc) is 3.34. The summed E-state index contributed by atoms with van der Waals surface area (Å²) in [6.07, 6.45) is 2.62. The molecule has 1 fully saturated rings. The topological polar surface area (TPSA) is 144 Å². The van der Waals surface area contributed by atoms with Crippen molar-refractivity contribution in [2.24, 2.45) is 11.7 Å². The van der Waals surface area contributed by atoms with Crippen LogP contribution in [0.1, 0.15) is 43.1 Å². The Morgan fingerprint density at radius 1 is 1.35 bits per heavy atom. The molecule has 2 aromatic heterocycles. The van der Waals surface area contributed by atoms with Gasteiger partial charge in [-0.1, -0.05) is 12.1 Å². The van der Waals surface area contributed by atoms with Crippen LogP contribution in [-0.2, 0) is 4.79 Å². The van der Waals surface area contributed by atoms with Crippen LogP contribution in [0.2, 0.25) is 0 Å². The smallest absolute Gasteiger partial charge is 0.618 e. The van der Waals surface area contributed by atoms with Gasteiger partial charge in [0.15, 0.2) is 0 Å². The number of carbonyl (C=O) groups is 1. The molecule has 9 nitrogen and oxygen atoms in total. The third-order valence-corrected chi connectivity index (χ3v) is 5.87. The van der Waals surface area contributed by atoms with Crippen LogP contribution in [0.15, 0.2) is 24.3 Å². The number of rotatable bonds is 6. The number of nitrogens with one attached hydrogen (secondary N) is 2. The number of nitrogens with zero attached hydrogens (tertiary/aromatic N) is 3. The Hall–Kier alpha value is -1.85. The Kier molecular flexibility index (Phi) is 7.48. The van der Waals surface area contributed by atoms with Gasteiger partial charge < -0.3 is 30.7 Å². The minimum absolute atomic E-state index is 0. The number of para-hydroxylation sites is 1. The second-order valence-electron chi connectivity index (χ2n) is 7.59. The number of imidazole rings is 1. The molecule has 0 bridgehead atoms. The number of carboxylic acid groups (broad SMARTS) is 1. The maximum Gasteiger partial charge on any atom is 1.00 e. The van der Waals surface area contributed by atoms with Crippen molar-refractivity contribution in [2.45, 2.75) is 31.6 Å². The summed E-state index contributed by atoms with van der Waals surface area (Å²) in [6, 6.07) is 7.72. The van der Waals surface area contributed by atoms with Crippen LogP contribution in [0.25, 0.3) is 27.7 Å². The first-order valence-corrected chi connectivity index (χ1v) is 9.90. The summed E-state index contributed by atoms with van der Waals surface area (Å²) in [5.74, 6) is 0.321. The van der Waals surface area contributed by atoms with E-state index < -0.39 is 5.97 Å². The Labute approximate surface area is 222 Å². The van der Waals surface area contributed by atoms with E-state index >= 15 is 0 Å². The van der Waals surface area contributed by atoms with E-state index in [1.54, 1.807) is 18.8 Å². The van der Waals surface area contributed by atoms with Crippen LogP contribution in [0, 0.1) is 11.3 Å². The van der Waals surface area contributed by atoms with E-state index in [1.807, 2.05) is 24.3 Å². The van der Waals surface area contributed by atoms with Gasteiger partial charge in [0.05, 0.1) is 35.8 Å². The molecule has 1 saturated carbocycles. The number of methoxy groups -OCH3 is 1. The van der Waals surface area contributed by atoms with Gasteiger partial charge in [-0.25, -0.2) is 4.98 Å². The van der Waals surface area contributed by atoms with Gasteiger partial charge >= 0.3 is 57.4 Å². The number of hydrogen-bond acceptors (Lipinski definition) is 4. The van der Waals surface area contributed by atoms with E-state index in [-0.39, 0.29) is 69.1 Å². The number of nitrogens with two attached hydrogens (primary N) is 1. The summed E-state index contributed by atoms with van der Waals surface area (Å²) < 4.78 is 7.07. The molecule has 1 aromatic carbocycles. The van der Waals surface area contributed by atoms with E-state index in [2.05, 4.69) is 10.4 Å². The van der Waals surface area contributed by atoms with Gasteiger partial charge in [-0.3, -0.25) is 10.2 Å². The molecule has 31 heavy (non-hydrogen) atoms. The van der Waals surface area contributed by atoms with Crippen molar-refractivity contribution >= 4 is 22.7 Å². The maximum atomic E-state index is 11.3. The summed E-state index contributed by atoms with van der Waals surface area (Å²) in [5, 5.41) is 18.4. The van der Waals surface area contributed by atoms with Crippen molar-refractivity contribution in [3.05, 3.63) is 41.2 Å². The first-order chi connectivity index (χ1) is 14.4. The van der Waals surface area contributed by atoms with E-state index in [0.29, 0.717) is 42.9 Å². The summed E-state index contributed by atoms with van der Waals surface area (Å²) in [6.45, 7) is 0. The average molecular weight is 449 g/mol. The minimum Gasteiger partial charge on any atom is -0.618 e. The van der Waals surface area contributed by atoms with Crippen LogP contribution >= 0.6 is 0 Å². The molecule has 0 atom stereocenters. The number of benzene rings is 1. The second kappa shape index (κ2) is 9.74. The molecule has 158 valence electrons. The fraction of sp³-hybridized carbons (Fsp3) is 0.381. The molecule has 5 N–H and O–H groups in total. The molecular formula is C21H25KN6O3. The van der Waals surface area contributed by atoms with Crippen molar-refractivity contribution in [1.29, 1.82) is 5.41 Å². The van der Waals surface area contributed by atoms with E-state index in [0.717, 1.165) is 22.3 Å². The molecule has 0 radical (unpaired) electrons. The zero-order chi connectivity index (χ0) is 21.4. The molecule has 2 heterocycles. The van der Waals surface area contributed by atoms with Crippen molar-refractivity contribution in [2.75, 3.05) is 14.2 Å². The largest absolute Gasteiger partial charge is 1.00 e. The van der Waals surface area contributed by atoms with Gasteiger partial charge in [0.25, 0.3) is 0 Å². The number of hydrogen-bond donors (Lipinski definition) is 4. The molecule has 3 aromatic rings. The Morgan fingerprint density at radius 2 is 2.06 bits per heavy atom. The third-order valence-electron chi connectivity index (χ3n) is 5.87. The van der Waals surface area contributed by atoms with Crippen LogP contribution in [0.5, 0.6) is 5.75 Å². The molecule has 0 aliphatic heterocycles. The van der Waals surface area contributed by atoms with Crippen LogP contribution < -0.4 is 61.9 Å². The van der Waals surface area contributed by atoms with Crippen LogP contribution in [-0.4, -0.2) is 45.7 Å². The predicted molar refractivity (Wildman–Crippen MR) is 114 cm³/mol. The number of aromatic nitrogens is 3. The SMILES string of the molecule is C[N-]n1c(C2CCC(C(=O)O)CC2)nc(-c2cc3cccc(OC)c3[nH]2)c1C(=N)N.[K+]. The third kappa shape index (κ3) is 4.40. The molecule has 4 rings (SSSR count). The molecule has 10 heteroatoms. The predicted octanol–water partition coefficient (Wildman–Crippen LogP) is 0.453. The summed E-state index contributed by atoms with van der Waals surface area (Å²) in [4.78, 5) is 19.5. The first kappa shape index (κ1) is 23.8. The standard InChI is InChI=1S/C21H25N6O3.K/c1-24-27-18(19(22)23)17(14-10-13-4-3-5-15(30-2)16(13)25-14)26-20(27)11-6-8-12(9-7-11)21(28)29;/h3-5,10-12,25H,6-9H2,1-2H3,(H3,22,23)(H,28,29);/q-1;+1. The normalized spacial score (nSPS) is 18.4.